The fraction of sp³-hybridized carbons (Fsp3) is 0.353. The van der Waals surface area contributed by atoms with Gasteiger partial charge in [0.1, 0.15) is 0 Å². The lowest BCUT2D eigenvalue weighted by atomic mass is 9.92. The average Bonchev–Trinajstić information content (AvgIpc) is 3.20. The lowest BCUT2D eigenvalue weighted by Gasteiger charge is -2.17. The first-order valence-corrected chi connectivity index (χ1v) is 7.99. The van der Waals surface area contributed by atoms with Gasteiger partial charge in [0.05, 0.1) is 17.1 Å². The summed E-state index contributed by atoms with van der Waals surface area (Å²) in [5.74, 6) is 0.815. The molecule has 0 unspecified atom stereocenters. The van der Waals surface area contributed by atoms with Crippen molar-refractivity contribution in [3.05, 3.63) is 52.6 Å². The second kappa shape index (κ2) is 5.76. The van der Waals surface area contributed by atoms with Gasteiger partial charge >= 0.3 is 0 Å². The maximum atomic E-state index is 12.3. The molecule has 1 aliphatic rings. The number of aromatic nitrogens is 4. The number of anilines is 1. The van der Waals surface area contributed by atoms with Crippen LogP contribution in [-0.4, -0.2) is 44.6 Å². The zero-order chi connectivity index (χ0) is 16.7. The number of benzene rings is 1. The molecule has 0 saturated carbocycles. The summed E-state index contributed by atoms with van der Waals surface area (Å²) < 4.78 is 1.77. The molecule has 2 atom stereocenters. The number of hydrogen-bond acceptors (Lipinski definition) is 5. The van der Waals surface area contributed by atoms with Crippen LogP contribution in [0.2, 0.25) is 0 Å². The Morgan fingerprint density at radius 3 is 2.92 bits per heavy atom. The smallest absolute Gasteiger partial charge is 0.260 e. The van der Waals surface area contributed by atoms with Crippen molar-refractivity contribution in [1.82, 2.24) is 19.7 Å². The van der Waals surface area contributed by atoms with Crippen LogP contribution in [0.25, 0.3) is 10.9 Å². The number of nitrogens with zero attached hydrogens (tertiary/aromatic N) is 4. The van der Waals surface area contributed by atoms with Crippen molar-refractivity contribution in [2.75, 3.05) is 24.6 Å². The van der Waals surface area contributed by atoms with E-state index in [9.17, 15) is 9.90 Å². The molecule has 1 saturated heterocycles. The number of nitrogens with one attached hydrogen (secondary N) is 1. The molecule has 3 heterocycles. The summed E-state index contributed by atoms with van der Waals surface area (Å²) >= 11 is 0. The SMILES string of the molecule is Cn1cc([C@@H]2CN(c3nc4ccccc4c(=O)[nH]3)C[C@H]2CO)cn1. The van der Waals surface area contributed by atoms with Gasteiger partial charge in [0, 0.05) is 44.8 Å². The maximum Gasteiger partial charge on any atom is 0.260 e. The molecule has 0 amide bonds. The van der Waals surface area contributed by atoms with Crippen LogP contribution in [0.1, 0.15) is 11.5 Å². The molecule has 0 bridgehead atoms. The van der Waals surface area contributed by atoms with Crippen molar-refractivity contribution < 1.29 is 5.11 Å². The van der Waals surface area contributed by atoms with Crippen LogP contribution in [0, 0.1) is 5.92 Å². The van der Waals surface area contributed by atoms with Crippen molar-refractivity contribution in [3.63, 3.8) is 0 Å². The number of rotatable bonds is 3. The van der Waals surface area contributed by atoms with Crippen molar-refractivity contribution in [2.24, 2.45) is 13.0 Å². The van der Waals surface area contributed by atoms with Gasteiger partial charge in [-0.1, -0.05) is 12.1 Å². The summed E-state index contributed by atoms with van der Waals surface area (Å²) in [6.07, 6.45) is 3.82. The highest BCUT2D eigenvalue weighted by Crippen LogP contribution is 2.33. The van der Waals surface area contributed by atoms with E-state index in [1.807, 2.05) is 42.5 Å². The summed E-state index contributed by atoms with van der Waals surface area (Å²) in [7, 11) is 1.88. The minimum absolute atomic E-state index is 0.0889. The van der Waals surface area contributed by atoms with Gasteiger partial charge in [-0.2, -0.15) is 5.10 Å². The predicted octanol–water partition coefficient (Wildman–Crippen LogP) is 0.869. The van der Waals surface area contributed by atoms with E-state index >= 15 is 0 Å². The molecule has 1 aliphatic heterocycles. The second-order valence-electron chi connectivity index (χ2n) is 6.31. The molecular formula is C17H19N5O2. The lowest BCUT2D eigenvalue weighted by Crippen LogP contribution is -2.25. The van der Waals surface area contributed by atoms with E-state index in [4.69, 9.17) is 0 Å². The molecule has 7 nitrogen and oxygen atoms in total. The molecule has 124 valence electrons. The molecule has 2 N–H and O–H groups in total. The first kappa shape index (κ1) is 14.9. The monoisotopic (exact) mass is 325 g/mol. The number of aliphatic hydroxyl groups is 1. The quantitative estimate of drug-likeness (QED) is 0.746. The highest BCUT2D eigenvalue weighted by Gasteiger charge is 2.35. The normalized spacial score (nSPS) is 20.8. The Kier molecular flexibility index (Phi) is 3.57. The van der Waals surface area contributed by atoms with Gasteiger partial charge in [-0.15, -0.1) is 0 Å². The summed E-state index contributed by atoms with van der Waals surface area (Å²) in [6.45, 7) is 1.43. The fourth-order valence-corrected chi connectivity index (χ4v) is 3.46. The molecule has 3 aromatic rings. The predicted molar refractivity (Wildman–Crippen MR) is 91.1 cm³/mol. The van der Waals surface area contributed by atoms with Crippen LogP contribution in [0.3, 0.4) is 0 Å². The molecule has 2 aromatic heterocycles. The molecule has 1 aromatic carbocycles. The number of fused-ring (bicyclic) bond motifs is 1. The Morgan fingerprint density at radius 1 is 1.33 bits per heavy atom. The highest BCUT2D eigenvalue weighted by molar-refractivity contribution is 5.78. The average molecular weight is 325 g/mol. The first-order valence-electron chi connectivity index (χ1n) is 7.99. The lowest BCUT2D eigenvalue weighted by molar-refractivity contribution is 0.227. The van der Waals surface area contributed by atoms with Gasteiger partial charge < -0.3 is 10.0 Å². The minimum atomic E-state index is -0.138. The fourth-order valence-electron chi connectivity index (χ4n) is 3.46. The van der Waals surface area contributed by atoms with Gasteiger partial charge in [-0.3, -0.25) is 14.5 Å². The van der Waals surface area contributed by atoms with Crippen LogP contribution in [0.5, 0.6) is 0 Å². The molecule has 4 rings (SSSR count). The van der Waals surface area contributed by atoms with Gasteiger partial charge in [-0.25, -0.2) is 4.98 Å². The highest BCUT2D eigenvalue weighted by atomic mass is 16.3. The topological polar surface area (TPSA) is 87.0 Å². The van der Waals surface area contributed by atoms with E-state index in [1.54, 1.807) is 10.7 Å². The van der Waals surface area contributed by atoms with E-state index in [1.165, 1.54) is 0 Å². The largest absolute Gasteiger partial charge is 0.396 e. The van der Waals surface area contributed by atoms with Crippen LogP contribution < -0.4 is 10.5 Å². The number of H-pyrrole nitrogens is 1. The zero-order valence-electron chi connectivity index (χ0n) is 13.4. The van der Waals surface area contributed by atoms with Crippen LogP contribution in [-0.2, 0) is 7.05 Å². The summed E-state index contributed by atoms with van der Waals surface area (Å²) in [4.78, 5) is 21.8. The Balaban J connectivity index is 1.69. The van der Waals surface area contributed by atoms with Crippen LogP contribution >= 0.6 is 0 Å². The standard InChI is InChI=1S/C17H19N5O2/c1-21-7-11(6-18-21)14-9-22(8-12(14)10-23)17-19-15-5-3-2-4-13(15)16(24)20-17/h2-7,12,14,23H,8-10H2,1H3,(H,19,20,24)/t12-,14-/m0/s1. The van der Waals surface area contributed by atoms with E-state index < -0.39 is 0 Å². The molecule has 0 aliphatic carbocycles. The number of aromatic amines is 1. The zero-order valence-corrected chi connectivity index (χ0v) is 13.4. The second-order valence-corrected chi connectivity index (χ2v) is 6.31. The summed E-state index contributed by atoms with van der Waals surface area (Å²) in [6, 6.07) is 7.31. The number of aliphatic hydroxyl groups excluding tert-OH is 1. The third-order valence-electron chi connectivity index (χ3n) is 4.73. The van der Waals surface area contributed by atoms with Crippen molar-refractivity contribution >= 4 is 16.9 Å². The summed E-state index contributed by atoms with van der Waals surface area (Å²) in [5.41, 5.74) is 1.64. The van der Waals surface area contributed by atoms with Gasteiger partial charge in [0.2, 0.25) is 5.95 Å². The Labute approximate surface area is 138 Å². The van der Waals surface area contributed by atoms with E-state index in [0.29, 0.717) is 29.9 Å². The Bertz CT molecular complexity index is 932. The van der Waals surface area contributed by atoms with Gasteiger partial charge in [0.15, 0.2) is 0 Å². The molecule has 1 fully saturated rings. The Hall–Kier alpha value is -2.67. The molecule has 24 heavy (non-hydrogen) atoms. The third-order valence-corrected chi connectivity index (χ3v) is 4.73. The number of para-hydroxylation sites is 1. The van der Waals surface area contributed by atoms with Crippen molar-refractivity contribution in [3.8, 4) is 0 Å². The van der Waals surface area contributed by atoms with Crippen molar-refractivity contribution in [2.45, 2.75) is 5.92 Å². The molecular weight excluding hydrogens is 306 g/mol. The summed E-state index contributed by atoms with van der Waals surface area (Å²) in [5, 5.41) is 14.6. The third kappa shape index (κ3) is 2.46. The van der Waals surface area contributed by atoms with Gasteiger partial charge in [-0.05, 0) is 17.7 Å². The number of aryl methyl sites for hydroxylation is 1. The van der Waals surface area contributed by atoms with Crippen LogP contribution in [0.4, 0.5) is 5.95 Å². The Morgan fingerprint density at radius 2 is 2.17 bits per heavy atom. The van der Waals surface area contributed by atoms with E-state index in [-0.39, 0.29) is 24.0 Å². The number of hydrogen-bond donors (Lipinski definition) is 2. The first-order chi connectivity index (χ1) is 11.7. The minimum Gasteiger partial charge on any atom is -0.396 e. The van der Waals surface area contributed by atoms with Crippen LogP contribution in [0.15, 0.2) is 41.5 Å². The van der Waals surface area contributed by atoms with E-state index in [0.717, 1.165) is 5.56 Å². The van der Waals surface area contributed by atoms with Gasteiger partial charge in [0.25, 0.3) is 5.56 Å². The maximum absolute atomic E-state index is 12.3. The molecule has 7 heteroatoms. The molecule has 0 radical (unpaired) electrons. The van der Waals surface area contributed by atoms with Crippen molar-refractivity contribution in [1.29, 1.82) is 0 Å². The molecule has 0 spiro atoms. The van der Waals surface area contributed by atoms with E-state index in [2.05, 4.69) is 15.1 Å².